The summed E-state index contributed by atoms with van der Waals surface area (Å²) in [5, 5.41) is 3.63. The molecule has 5 nitrogen and oxygen atoms in total. The van der Waals surface area contributed by atoms with Crippen LogP contribution < -0.4 is 5.32 Å². The van der Waals surface area contributed by atoms with Gasteiger partial charge in [0.15, 0.2) is 5.76 Å². The zero-order chi connectivity index (χ0) is 17.3. The van der Waals surface area contributed by atoms with Crippen molar-refractivity contribution in [2.45, 2.75) is 13.8 Å². The summed E-state index contributed by atoms with van der Waals surface area (Å²) in [6.07, 6.45) is 0. The van der Waals surface area contributed by atoms with E-state index in [0.29, 0.717) is 21.4 Å². The summed E-state index contributed by atoms with van der Waals surface area (Å²) in [6.45, 7) is 3.66. The van der Waals surface area contributed by atoms with Crippen molar-refractivity contribution in [2.24, 2.45) is 0 Å². The Morgan fingerprint density at radius 1 is 1.04 bits per heavy atom. The average Bonchev–Trinajstić information content (AvgIpc) is 2.98. The Bertz CT molecular complexity index is 902. The molecule has 1 aromatic carbocycles. The van der Waals surface area contributed by atoms with E-state index in [1.807, 2.05) is 19.9 Å². The number of hydrogen-bond donors (Lipinski definition) is 1. The van der Waals surface area contributed by atoms with Crippen LogP contribution in [0, 0.1) is 13.8 Å². The number of furan rings is 1. The van der Waals surface area contributed by atoms with Crippen molar-refractivity contribution in [1.29, 1.82) is 0 Å². The van der Waals surface area contributed by atoms with Gasteiger partial charge >= 0.3 is 0 Å². The number of nitrogens with one attached hydrogen (secondary N) is 1. The molecule has 0 fully saturated rings. The first-order valence-corrected chi connectivity index (χ1v) is 7.87. The number of aromatic nitrogens is 2. The molecule has 0 bridgehead atoms. The van der Waals surface area contributed by atoms with E-state index >= 15 is 0 Å². The molecule has 0 aliphatic heterocycles. The minimum atomic E-state index is -0.440. The highest BCUT2D eigenvalue weighted by molar-refractivity contribution is 6.35. The predicted octanol–water partition coefficient (Wildman–Crippen LogP) is 4.91. The summed E-state index contributed by atoms with van der Waals surface area (Å²) in [5.74, 6) is 0.374. The van der Waals surface area contributed by atoms with Crippen molar-refractivity contribution in [3.63, 3.8) is 0 Å². The van der Waals surface area contributed by atoms with Gasteiger partial charge in [-0.2, -0.15) is 0 Å². The summed E-state index contributed by atoms with van der Waals surface area (Å²) in [6, 6.07) is 10.1. The lowest BCUT2D eigenvalue weighted by molar-refractivity contribution is 0.0996. The first kappa shape index (κ1) is 16.5. The fourth-order valence-electron chi connectivity index (χ4n) is 2.24. The van der Waals surface area contributed by atoms with Crippen molar-refractivity contribution in [1.82, 2.24) is 9.97 Å². The maximum Gasteiger partial charge on any atom is 0.293 e. The zero-order valence-electron chi connectivity index (χ0n) is 12.9. The van der Waals surface area contributed by atoms with Crippen molar-refractivity contribution in [3.05, 3.63) is 63.6 Å². The van der Waals surface area contributed by atoms with Crippen LogP contribution in [-0.2, 0) is 0 Å². The van der Waals surface area contributed by atoms with E-state index in [1.165, 1.54) is 0 Å². The molecule has 3 rings (SSSR count). The van der Waals surface area contributed by atoms with Crippen molar-refractivity contribution >= 4 is 35.1 Å². The summed E-state index contributed by atoms with van der Waals surface area (Å²) in [7, 11) is 0. The Labute approximate surface area is 148 Å². The first-order chi connectivity index (χ1) is 11.4. The second-order valence-electron chi connectivity index (χ2n) is 5.22. The van der Waals surface area contributed by atoms with Crippen LogP contribution in [-0.4, -0.2) is 15.9 Å². The maximum absolute atomic E-state index is 12.3. The molecule has 7 heteroatoms. The van der Waals surface area contributed by atoms with Crippen LogP contribution in [0.2, 0.25) is 10.0 Å². The van der Waals surface area contributed by atoms with Gasteiger partial charge in [0.05, 0.1) is 5.02 Å². The van der Waals surface area contributed by atoms with Crippen LogP contribution in [0.3, 0.4) is 0 Å². The fraction of sp³-hybridized carbons (Fsp3) is 0.118. The minimum absolute atomic E-state index is 0.129. The predicted molar refractivity (Wildman–Crippen MR) is 93.6 cm³/mol. The number of anilines is 1. The largest absolute Gasteiger partial charge is 0.451 e. The van der Waals surface area contributed by atoms with Gasteiger partial charge in [0.1, 0.15) is 5.76 Å². The highest BCUT2D eigenvalue weighted by atomic mass is 35.5. The lowest BCUT2D eigenvalue weighted by atomic mass is 10.2. The van der Waals surface area contributed by atoms with Gasteiger partial charge in [-0.15, -0.1) is 0 Å². The van der Waals surface area contributed by atoms with Gasteiger partial charge in [0, 0.05) is 22.0 Å². The van der Waals surface area contributed by atoms with Crippen LogP contribution in [0.15, 0.2) is 40.8 Å². The monoisotopic (exact) mass is 361 g/mol. The van der Waals surface area contributed by atoms with Gasteiger partial charge in [0.25, 0.3) is 5.91 Å². The van der Waals surface area contributed by atoms with Gasteiger partial charge in [-0.25, -0.2) is 9.97 Å². The van der Waals surface area contributed by atoms with Crippen LogP contribution in [0.4, 0.5) is 5.95 Å². The zero-order valence-corrected chi connectivity index (χ0v) is 14.4. The van der Waals surface area contributed by atoms with Crippen LogP contribution in [0.25, 0.3) is 11.3 Å². The number of nitrogens with zero attached hydrogens (tertiary/aromatic N) is 2. The van der Waals surface area contributed by atoms with Gasteiger partial charge in [0.2, 0.25) is 5.95 Å². The number of halogens is 2. The van der Waals surface area contributed by atoms with Gasteiger partial charge in [-0.05, 0) is 50.2 Å². The number of amides is 1. The van der Waals surface area contributed by atoms with Crippen LogP contribution in [0.1, 0.15) is 21.9 Å². The van der Waals surface area contributed by atoms with E-state index < -0.39 is 5.91 Å². The molecule has 0 atom stereocenters. The van der Waals surface area contributed by atoms with E-state index in [4.69, 9.17) is 27.6 Å². The third-order valence-corrected chi connectivity index (χ3v) is 3.80. The molecule has 2 heterocycles. The number of hydrogen-bond acceptors (Lipinski definition) is 4. The highest BCUT2D eigenvalue weighted by Crippen LogP contribution is 2.31. The third kappa shape index (κ3) is 3.58. The third-order valence-electron chi connectivity index (χ3n) is 3.23. The molecular weight excluding hydrogens is 349 g/mol. The number of carbonyl (C=O) groups excluding carboxylic acids is 1. The lowest BCUT2D eigenvalue weighted by Crippen LogP contribution is -2.14. The number of rotatable bonds is 3. The molecule has 1 N–H and O–H groups in total. The highest BCUT2D eigenvalue weighted by Gasteiger charge is 2.15. The van der Waals surface area contributed by atoms with Crippen LogP contribution in [0.5, 0.6) is 0 Å². The van der Waals surface area contributed by atoms with Crippen molar-refractivity contribution in [3.8, 4) is 11.3 Å². The average molecular weight is 362 g/mol. The lowest BCUT2D eigenvalue weighted by Gasteiger charge is -2.04. The van der Waals surface area contributed by atoms with Gasteiger partial charge in [-0.1, -0.05) is 23.2 Å². The summed E-state index contributed by atoms with van der Waals surface area (Å²) in [5.41, 5.74) is 2.15. The molecule has 0 saturated carbocycles. The minimum Gasteiger partial charge on any atom is -0.451 e. The molecule has 0 aliphatic carbocycles. The molecule has 24 heavy (non-hydrogen) atoms. The van der Waals surface area contributed by atoms with Crippen LogP contribution >= 0.6 is 23.2 Å². The van der Waals surface area contributed by atoms with Crippen molar-refractivity contribution < 1.29 is 9.21 Å². The van der Waals surface area contributed by atoms with Gasteiger partial charge in [-0.3, -0.25) is 10.1 Å². The second-order valence-corrected chi connectivity index (χ2v) is 6.06. The molecule has 0 radical (unpaired) electrons. The summed E-state index contributed by atoms with van der Waals surface area (Å²) in [4.78, 5) is 20.6. The standard InChI is InChI=1S/C17H13Cl2N3O2/c1-9-7-10(2)21-17(20-9)22-16(23)15-6-5-14(24-15)12-8-11(18)3-4-13(12)19/h3-8H,1-2H3,(H,20,21,22,23). The first-order valence-electron chi connectivity index (χ1n) is 7.11. The SMILES string of the molecule is Cc1cc(C)nc(NC(=O)c2ccc(-c3cc(Cl)ccc3Cl)o2)n1. The molecular formula is C17H13Cl2N3O2. The Balaban J connectivity index is 1.84. The normalized spacial score (nSPS) is 10.7. The Hall–Kier alpha value is -2.37. The van der Waals surface area contributed by atoms with E-state index in [9.17, 15) is 4.79 Å². The molecule has 0 saturated heterocycles. The van der Waals surface area contributed by atoms with E-state index in [1.54, 1.807) is 30.3 Å². The number of aryl methyl sites for hydroxylation is 2. The molecule has 1 amide bonds. The smallest absolute Gasteiger partial charge is 0.293 e. The molecule has 3 aromatic rings. The maximum atomic E-state index is 12.3. The number of carbonyl (C=O) groups is 1. The molecule has 2 aromatic heterocycles. The molecule has 0 spiro atoms. The molecule has 0 unspecified atom stereocenters. The number of benzene rings is 1. The topological polar surface area (TPSA) is 68.0 Å². The van der Waals surface area contributed by atoms with Crippen molar-refractivity contribution in [2.75, 3.05) is 5.32 Å². The fourth-order valence-corrected chi connectivity index (χ4v) is 2.62. The Morgan fingerprint density at radius 3 is 2.46 bits per heavy atom. The molecule has 122 valence electrons. The quantitative estimate of drug-likeness (QED) is 0.719. The van der Waals surface area contributed by atoms with E-state index in [0.717, 1.165) is 11.4 Å². The summed E-state index contributed by atoms with van der Waals surface area (Å²) >= 11 is 12.1. The Morgan fingerprint density at radius 2 is 1.75 bits per heavy atom. The van der Waals surface area contributed by atoms with E-state index in [2.05, 4.69) is 15.3 Å². The second kappa shape index (κ2) is 6.63. The molecule has 0 aliphatic rings. The van der Waals surface area contributed by atoms with E-state index in [-0.39, 0.29) is 11.7 Å². The van der Waals surface area contributed by atoms with Gasteiger partial charge < -0.3 is 4.42 Å². The Kier molecular flexibility index (Phi) is 4.55. The summed E-state index contributed by atoms with van der Waals surface area (Å²) < 4.78 is 5.59.